The Morgan fingerprint density at radius 2 is 2.00 bits per heavy atom. The van der Waals surface area contributed by atoms with Crippen molar-refractivity contribution in [2.45, 2.75) is 26.7 Å². The van der Waals surface area contributed by atoms with Crippen molar-refractivity contribution in [3.8, 4) is 17.2 Å². The molecule has 1 unspecified atom stereocenters. The van der Waals surface area contributed by atoms with E-state index < -0.39 is 0 Å². The fraction of sp³-hybridized carbons (Fsp3) is 0.278. The fourth-order valence-corrected chi connectivity index (χ4v) is 3.64. The van der Waals surface area contributed by atoms with Gasteiger partial charge in [-0.25, -0.2) is 4.98 Å². The van der Waals surface area contributed by atoms with Gasteiger partial charge in [-0.05, 0) is 55.2 Å². The van der Waals surface area contributed by atoms with Crippen molar-refractivity contribution in [2.75, 3.05) is 0 Å². The highest BCUT2D eigenvalue weighted by atomic mass is 79.9. The number of rotatable bonds is 1. The largest absolute Gasteiger partial charge is 0.277 e. The number of hydrogen-bond acceptors (Lipinski definition) is 3. The molecule has 0 saturated carbocycles. The first-order valence-electron chi connectivity index (χ1n) is 7.79. The van der Waals surface area contributed by atoms with Crippen LogP contribution in [0.4, 0.5) is 0 Å². The third-order valence-electron chi connectivity index (χ3n) is 4.23. The molecule has 2 aromatic heterocycles. The Kier molecular flexibility index (Phi) is 3.53. The first kappa shape index (κ1) is 14.6. The van der Waals surface area contributed by atoms with Gasteiger partial charge in [0.25, 0.3) is 0 Å². The fourth-order valence-electron chi connectivity index (χ4n) is 3.23. The van der Waals surface area contributed by atoms with Gasteiger partial charge in [-0.1, -0.05) is 28.9 Å². The van der Waals surface area contributed by atoms with E-state index in [9.17, 15) is 0 Å². The van der Waals surface area contributed by atoms with Gasteiger partial charge in [0.15, 0.2) is 5.82 Å². The molecule has 1 aliphatic heterocycles. The van der Waals surface area contributed by atoms with E-state index in [0.29, 0.717) is 5.92 Å². The van der Waals surface area contributed by atoms with E-state index in [1.54, 1.807) is 0 Å². The molecule has 23 heavy (non-hydrogen) atoms. The molecule has 1 atom stereocenters. The molecule has 4 rings (SSSR count). The quantitative estimate of drug-likeness (QED) is 0.648. The van der Waals surface area contributed by atoms with Gasteiger partial charge >= 0.3 is 0 Å². The Morgan fingerprint density at radius 3 is 2.83 bits per heavy atom. The van der Waals surface area contributed by atoms with Crippen LogP contribution in [-0.4, -0.2) is 19.7 Å². The molecule has 0 spiro atoms. The molecule has 116 valence electrons. The zero-order valence-corrected chi connectivity index (χ0v) is 14.7. The minimum atomic E-state index is 0.534. The molecule has 3 aromatic rings. The molecule has 0 amide bonds. The standard InChI is InChI=1S/C18H17BrN4/c1-11-8-13-10-14(19)6-7-16(13)23-17(9-11)21-22-18(23)15-5-3-4-12(2)20-15/h3-7,10-11H,8-9H2,1-2H3. The van der Waals surface area contributed by atoms with Crippen molar-refractivity contribution in [3.63, 3.8) is 0 Å². The summed E-state index contributed by atoms with van der Waals surface area (Å²) in [5.74, 6) is 2.37. The second kappa shape index (κ2) is 5.57. The van der Waals surface area contributed by atoms with E-state index in [0.717, 1.165) is 46.0 Å². The average Bonchev–Trinajstić information content (AvgIpc) is 2.85. The van der Waals surface area contributed by atoms with Crippen LogP contribution >= 0.6 is 15.9 Å². The molecule has 3 heterocycles. The molecule has 1 aliphatic rings. The van der Waals surface area contributed by atoms with Gasteiger partial charge in [0.1, 0.15) is 11.5 Å². The van der Waals surface area contributed by atoms with Crippen molar-refractivity contribution < 1.29 is 0 Å². The monoisotopic (exact) mass is 368 g/mol. The second-order valence-electron chi connectivity index (χ2n) is 6.23. The van der Waals surface area contributed by atoms with E-state index in [-0.39, 0.29) is 0 Å². The summed E-state index contributed by atoms with van der Waals surface area (Å²) in [6, 6.07) is 12.4. The number of hydrogen-bond donors (Lipinski definition) is 0. The lowest BCUT2D eigenvalue weighted by molar-refractivity contribution is 0.567. The van der Waals surface area contributed by atoms with Crippen LogP contribution in [0.15, 0.2) is 40.9 Å². The van der Waals surface area contributed by atoms with Crippen LogP contribution in [0.2, 0.25) is 0 Å². The summed E-state index contributed by atoms with van der Waals surface area (Å²) in [6.07, 6.45) is 1.96. The Labute approximate surface area is 143 Å². The van der Waals surface area contributed by atoms with Gasteiger partial charge in [-0.2, -0.15) is 0 Å². The lowest BCUT2D eigenvalue weighted by atomic mass is 9.98. The van der Waals surface area contributed by atoms with Crippen LogP contribution in [0, 0.1) is 12.8 Å². The maximum absolute atomic E-state index is 4.63. The predicted octanol–water partition coefficient (Wildman–Crippen LogP) is 4.13. The summed E-state index contributed by atoms with van der Waals surface area (Å²) in [6.45, 7) is 4.26. The third-order valence-corrected chi connectivity index (χ3v) is 4.72. The molecule has 5 heteroatoms. The Balaban J connectivity index is 1.97. The number of aromatic nitrogens is 4. The topological polar surface area (TPSA) is 43.6 Å². The van der Waals surface area contributed by atoms with Crippen LogP contribution in [0.1, 0.15) is 24.0 Å². The van der Waals surface area contributed by atoms with Crippen LogP contribution < -0.4 is 0 Å². The molecular weight excluding hydrogens is 352 g/mol. The average molecular weight is 369 g/mol. The van der Waals surface area contributed by atoms with E-state index in [1.165, 1.54) is 5.56 Å². The number of nitrogens with zero attached hydrogens (tertiary/aromatic N) is 4. The number of benzene rings is 1. The van der Waals surface area contributed by atoms with Gasteiger partial charge in [-0.3, -0.25) is 4.57 Å². The number of aryl methyl sites for hydroxylation is 1. The molecule has 0 radical (unpaired) electrons. The van der Waals surface area contributed by atoms with E-state index >= 15 is 0 Å². The summed E-state index contributed by atoms with van der Waals surface area (Å²) in [5.41, 5.74) is 4.33. The van der Waals surface area contributed by atoms with Crippen LogP contribution in [0.3, 0.4) is 0 Å². The molecule has 1 aromatic carbocycles. The van der Waals surface area contributed by atoms with Gasteiger partial charge in [0.05, 0.1) is 5.69 Å². The summed E-state index contributed by atoms with van der Waals surface area (Å²) in [5, 5.41) is 8.90. The zero-order chi connectivity index (χ0) is 16.0. The van der Waals surface area contributed by atoms with Crippen molar-refractivity contribution in [1.29, 1.82) is 0 Å². The number of halogens is 1. The van der Waals surface area contributed by atoms with Gasteiger partial charge < -0.3 is 0 Å². The Morgan fingerprint density at radius 1 is 1.13 bits per heavy atom. The lowest BCUT2D eigenvalue weighted by Gasteiger charge is -2.12. The Bertz CT molecular complexity index is 884. The highest BCUT2D eigenvalue weighted by Crippen LogP contribution is 2.31. The lowest BCUT2D eigenvalue weighted by Crippen LogP contribution is -2.04. The van der Waals surface area contributed by atoms with E-state index in [1.807, 2.05) is 25.1 Å². The zero-order valence-electron chi connectivity index (χ0n) is 13.1. The molecular formula is C18H17BrN4. The SMILES string of the molecule is Cc1cccc(-c2nnc3n2-c2ccc(Br)cc2CC(C)C3)n1. The molecule has 0 fully saturated rings. The van der Waals surface area contributed by atoms with E-state index in [4.69, 9.17) is 0 Å². The maximum atomic E-state index is 4.63. The predicted molar refractivity (Wildman–Crippen MR) is 93.6 cm³/mol. The smallest absolute Gasteiger partial charge is 0.187 e. The van der Waals surface area contributed by atoms with Crippen LogP contribution in [0.25, 0.3) is 17.2 Å². The minimum Gasteiger partial charge on any atom is -0.277 e. The number of fused-ring (bicyclic) bond motifs is 3. The normalized spacial score (nSPS) is 16.6. The van der Waals surface area contributed by atoms with Crippen molar-refractivity contribution >= 4 is 15.9 Å². The number of pyridine rings is 1. The van der Waals surface area contributed by atoms with Gasteiger partial charge in [-0.15, -0.1) is 10.2 Å². The maximum Gasteiger partial charge on any atom is 0.187 e. The second-order valence-corrected chi connectivity index (χ2v) is 7.14. The van der Waals surface area contributed by atoms with Crippen molar-refractivity contribution in [1.82, 2.24) is 19.7 Å². The first-order valence-corrected chi connectivity index (χ1v) is 8.58. The van der Waals surface area contributed by atoms with Crippen LogP contribution in [0.5, 0.6) is 0 Å². The Hall–Kier alpha value is -2.01. The molecule has 4 nitrogen and oxygen atoms in total. The van der Waals surface area contributed by atoms with E-state index in [2.05, 4.69) is 60.8 Å². The highest BCUT2D eigenvalue weighted by Gasteiger charge is 2.24. The molecule has 0 N–H and O–H groups in total. The highest BCUT2D eigenvalue weighted by molar-refractivity contribution is 9.10. The first-order chi connectivity index (χ1) is 11.1. The summed E-state index contributed by atoms with van der Waals surface area (Å²) >= 11 is 3.59. The summed E-state index contributed by atoms with van der Waals surface area (Å²) in [4.78, 5) is 4.63. The van der Waals surface area contributed by atoms with Crippen molar-refractivity contribution in [3.05, 3.63) is 58.0 Å². The minimum absolute atomic E-state index is 0.534. The van der Waals surface area contributed by atoms with Gasteiger partial charge in [0.2, 0.25) is 0 Å². The molecule has 0 bridgehead atoms. The summed E-state index contributed by atoms with van der Waals surface area (Å²) in [7, 11) is 0. The molecule has 0 saturated heterocycles. The third kappa shape index (κ3) is 2.59. The van der Waals surface area contributed by atoms with Gasteiger partial charge in [0, 0.05) is 16.6 Å². The molecule has 0 aliphatic carbocycles. The van der Waals surface area contributed by atoms with Crippen molar-refractivity contribution in [2.24, 2.45) is 5.92 Å². The van der Waals surface area contributed by atoms with Crippen LogP contribution in [-0.2, 0) is 12.8 Å². The summed E-state index contributed by atoms with van der Waals surface area (Å²) < 4.78 is 3.28.